The summed E-state index contributed by atoms with van der Waals surface area (Å²) in [6.07, 6.45) is 0. The molecule has 1 atom stereocenters. The lowest BCUT2D eigenvalue weighted by Crippen LogP contribution is -2.21. The lowest BCUT2D eigenvalue weighted by atomic mass is 10.1. The average molecular weight is 283 g/mol. The Morgan fingerprint density at radius 2 is 1.60 bits per heavy atom. The smallest absolute Gasteiger partial charge is 0.130 e. The first-order chi connectivity index (χ1) is 9.49. The molecule has 0 heterocycles. The molecule has 0 aliphatic rings. The number of halogens is 4. The van der Waals surface area contributed by atoms with Crippen LogP contribution < -0.4 is 5.32 Å². The Hall–Kier alpha value is -1.88. The van der Waals surface area contributed by atoms with Gasteiger partial charge in [0, 0.05) is 29.8 Å². The summed E-state index contributed by atoms with van der Waals surface area (Å²) >= 11 is 0. The van der Waals surface area contributed by atoms with E-state index in [0.717, 1.165) is 24.3 Å². The van der Waals surface area contributed by atoms with Gasteiger partial charge in [0.15, 0.2) is 0 Å². The first-order valence-corrected chi connectivity index (χ1v) is 6.10. The van der Waals surface area contributed by atoms with Crippen LogP contribution in [0.2, 0.25) is 0 Å². The average Bonchev–Trinajstić information content (AvgIpc) is 2.37. The highest BCUT2D eigenvalue weighted by atomic mass is 19.1. The lowest BCUT2D eigenvalue weighted by molar-refractivity contribution is 0.480. The maximum atomic E-state index is 13.6. The summed E-state index contributed by atoms with van der Waals surface area (Å²) in [5.74, 6) is -2.69. The molecule has 106 valence electrons. The zero-order chi connectivity index (χ0) is 14.7. The summed E-state index contributed by atoms with van der Waals surface area (Å²) in [6, 6.07) is 6.16. The summed E-state index contributed by atoms with van der Waals surface area (Å²) < 4.78 is 53.3. The van der Waals surface area contributed by atoms with Gasteiger partial charge in [-0.25, -0.2) is 17.6 Å². The zero-order valence-electron chi connectivity index (χ0n) is 10.8. The molecule has 1 nitrogen and oxygen atoms in total. The number of hydrogen-bond donors (Lipinski definition) is 1. The minimum absolute atomic E-state index is 0.0427. The van der Waals surface area contributed by atoms with Crippen LogP contribution in [0.15, 0.2) is 36.4 Å². The third-order valence-corrected chi connectivity index (χ3v) is 3.05. The largest absolute Gasteiger partial charge is 0.306 e. The van der Waals surface area contributed by atoms with E-state index in [1.807, 2.05) is 0 Å². The molecule has 0 aliphatic carbocycles. The van der Waals surface area contributed by atoms with Crippen molar-refractivity contribution in [1.82, 2.24) is 5.32 Å². The van der Waals surface area contributed by atoms with Crippen LogP contribution in [0.3, 0.4) is 0 Å². The Morgan fingerprint density at radius 1 is 0.950 bits per heavy atom. The number of benzene rings is 2. The van der Waals surface area contributed by atoms with E-state index in [-0.39, 0.29) is 17.7 Å². The first kappa shape index (κ1) is 14.5. The number of hydrogen-bond acceptors (Lipinski definition) is 1. The Balaban J connectivity index is 2.11. The fraction of sp³-hybridized carbons (Fsp3) is 0.200. The second kappa shape index (κ2) is 6.05. The van der Waals surface area contributed by atoms with Crippen molar-refractivity contribution in [2.45, 2.75) is 19.5 Å². The van der Waals surface area contributed by atoms with Gasteiger partial charge in [0.05, 0.1) is 0 Å². The molecule has 20 heavy (non-hydrogen) atoms. The minimum Gasteiger partial charge on any atom is -0.306 e. The van der Waals surface area contributed by atoms with Gasteiger partial charge in [-0.3, -0.25) is 0 Å². The predicted octanol–water partition coefficient (Wildman–Crippen LogP) is 4.09. The SMILES string of the molecule is CC(NCc1ccc(F)cc1F)c1c(F)cccc1F. The molecular formula is C15H13F4N. The molecule has 0 aromatic heterocycles. The van der Waals surface area contributed by atoms with Gasteiger partial charge in [0.1, 0.15) is 23.3 Å². The molecular weight excluding hydrogens is 270 g/mol. The molecule has 1 N–H and O–H groups in total. The molecule has 0 saturated carbocycles. The van der Waals surface area contributed by atoms with Crippen LogP contribution in [-0.4, -0.2) is 0 Å². The lowest BCUT2D eigenvalue weighted by Gasteiger charge is -2.16. The molecule has 2 aromatic rings. The monoisotopic (exact) mass is 283 g/mol. The van der Waals surface area contributed by atoms with Crippen molar-refractivity contribution in [3.8, 4) is 0 Å². The number of rotatable bonds is 4. The van der Waals surface area contributed by atoms with Gasteiger partial charge < -0.3 is 5.32 Å². The van der Waals surface area contributed by atoms with E-state index in [9.17, 15) is 17.6 Å². The van der Waals surface area contributed by atoms with E-state index < -0.39 is 29.3 Å². The van der Waals surface area contributed by atoms with Crippen LogP contribution in [0, 0.1) is 23.3 Å². The summed E-state index contributed by atoms with van der Waals surface area (Å²) in [6.45, 7) is 1.62. The van der Waals surface area contributed by atoms with Crippen molar-refractivity contribution in [3.05, 3.63) is 70.8 Å². The van der Waals surface area contributed by atoms with Gasteiger partial charge in [0.2, 0.25) is 0 Å². The topological polar surface area (TPSA) is 12.0 Å². The Kier molecular flexibility index (Phi) is 4.39. The Morgan fingerprint density at radius 3 is 2.20 bits per heavy atom. The molecule has 1 unspecified atom stereocenters. The van der Waals surface area contributed by atoms with Crippen molar-refractivity contribution in [3.63, 3.8) is 0 Å². The molecule has 2 aromatic carbocycles. The molecule has 0 aliphatic heterocycles. The van der Waals surface area contributed by atoms with Crippen LogP contribution in [-0.2, 0) is 6.54 Å². The molecule has 0 spiro atoms. The molecule has 5 heteroatoms. The number of nitrogens with one attached hydrogen (secondary N) is 1. The van der Waals surface area contributed by atoms with Crippen LogP contribution in [0.25, 0.3) is 0 Å². The third kappa shape index (κ3) is 3.17. The molecule has 0 saturated heterocycles. The van der Waals surface area contributed by atoms with Crippen molar-refractivity contribution >= 4 is 0 Å². The van der Waals surface area contributed by atoms with Gasteiger partial charge in [-0.15, -0.1) is 0 Å². The second-order valence-electron chi connectivity index (χ2n) is 4.47. The van der Waals surface area contributed by atoms with Gasteiger partial charge in [-0.05, 0) is 25.1 Å². The van der Waals surface area contributed by atoms with E-state index >= 15 is 0 Å². The summed E-state index contributed by atoms with van der Waals surface area (Å²) in [5.41, 5.74) is 0.130. The molecule has 0 fully saturated rings. The highest BCUT2D eigenvalue weighted by Gasteiger charge is 2.16. The highest BCUT2D eigenvalue weighted by Crippen LogP contribution is 2.21. The standard InChI is InChI=1S/C15H13F4N/c1-9(15-12(17)3-2-4-13(15)18)20-8-10-5-6-11(16)7-14(10)19/h2-7,9,20H,8H2,1H3. The Labute approximate surface area is 114 Å². The fourth-order valence-electron chi connectivity index (χ4n) is 1.95. The van der Waals surface area contributed by atoms with E-state index in [1.165, 1.54) is 12.1 Å². The minimum atomic E-state index is -0.696. The van der Waals surface area contributed by atoms with Gasteiger partial charge in [0.25, 0.3) is 0 Å². The van der Waals surface area contributed by atoms with Crippen molar-refractivity contribution in [2.75, 3.05) is 0 Å². The van der Waals surface area contributed by atoms with Crippen LogP contribution >= 0.6 is 0 Å². The van der Waals surface area contributed by atoms with Gasteiger partial charge in [-0.2, -0.15) is 0 Å². The molecule has 0 amide bonds. The molecule has 0 radical (unpaired) electrons. The maximum Gasteiger partial charge on any atom is 0.130 e. The van der Waals surface area contributed by atoms with Crippen molar-refractivity contribution in [1.29, 1.82) is 0 Å². The van der Waals surface area contributed by atoms with E-state index in [1.54, 1.807) is 6.92 Å². The Bertz CT molecular complexity index is 593. The van der Waals surface area contributed by atoms with Crippen LogP contribution in [0.5, 0.6) is 0 Å². The van der Waals surface area contributed by atoms with E-state index in [2.05, 4.69) is 5.32 Å². The van der Waals surface area contributed by atoms with Gasteiger partial charge >= 0.3 is 0 Å². The van der Waals surface area contributed by atoms with Crippen LogP contribution in [0.4, 0.5) is 17.6 Å². The normalized spacial score (nSPS) is 12.4. The zero-order valence-corrected chi connectivity index (χ0v) is 10.8. The predicted molar refractivity (Wildman–Crippen MR) is 68.0 cm³/mol. The third-order valence-electron chi connectivity index (χ3n) is 3.05. The first-order valence-electron chi connectivity index (χ1n) is 6.10. The quantitative estimate of drug-likeness (QED) is 0.833. The van der Waals surface area contributed by atoms with Crippen molar-refractivity contribution < 1.29 is 17.6 Å². The molecule has 0 bridgehead atoms. The van der Waals surface area contributed by atoms with Crippen molar-refractivity contribution in [2.24, 2.45) is 0 Å². The molecule has 2 rings (SSSR count). The van der Waals surface area contributed by atoms with Crippen LogP contribution in [0.1, 0.15) is 24.1 Å². The summed E-state index contributed by atoms with van der Waals surface area (Å²) in [4.78, 5) is 0. The second-order valence-corrected chi connectivity index (χ2v) is 4.47. The van der Waals surface area contributed by atoms with Gasteiger partial charge in [-0.1, -0.05) is 12.1 Å². The summed E-state index contributed by atoms with van der Waals surface area (Å²) in [7, 11) is 0. The maximum absolute atomic E-state index is 13.6. The highest BCUT2D eigenvalue weighted by molar-refractivity contribution is 5.24. The fourth-order valence-corrected chi connectivity index (χ4v) is 1.95. The van der Waals surface area contributed by atoms with E-state index in [4.69, 9.17) is 0 Å². The van der Waals surface area contributed by atoms with E-state index in [0.29, 0.717) is 0 Å². The summed E-state index contributed by atoms with van der Waals surface area (Å²) in [5, 5.41) is 2.81.